The summed E-state index contributed by atoms with van der Waals surface area (Å²) in [5.74, 6) is -1.83. The van der Waals surface area contributed by atoms with E-state index in [2.05, 4.69) is 6.92 Å². The van der Waals surface area contributed by atoms with Crippen molar-refractivity contribution < 1.29 is 29.0 Å². The number of likely N-dealkylation sites (N-methyl/N-ethyl adjacent to an activating group) is 1. The van der Waals surface area contributed by atoms with Crippen molar-refractivity contribution >= 4 is 17.7 Å². The van der Waals surface area contributed by atoms with E-state index in [1.807, 2.05) is 32.8 Å². The first-order valence-electron chi connectivity index (χ1n) is 11.8. The van der Waals surface area contributed by atoms with Crippen LogP contribution in [0.5, 0.6) is 0 Å². The third-order valence-electron chi connectivity index (χ3n) is 8.63. The molecular weight excluding hydrogens is 410 g/mol. The van der Waals surface area contributed by atoms with Crippen molar-refractivity contribution in [3.63, 3.8) is 0 Å². The minimum Gasteiger partial charge on any atom is -0.469 e. The molecule has 0 aromatic heterocycles. The van der Waals surface area contributed by atoms with Crippen LogP contribution in [0.15, 0.2) is 11.6 Å². The molecule has 180 valence electrons. The lowest BCUT2D eigenvalue weighted by molar-refractivity contribution is -0.198. The van der Waals surface area contributed by atoms with Gasteiger partial charge < -0.3 is 19.5 Å². The molecule has 32 heavy (non-hydrogen) atoms. The molecule has 7 atom stereocenters. The van der Waals surface area contributed by atoms with Crippen molar-refractivity contribution in [1.82, 2.24) is 4.90 Å². The van der Waals surface area contributed by atoms with Crippen molar-refractivity contribution in [2.45, 2.75) is 59.0 Å². The smallest absolute Gasteiger partial charge is 0.330 e. The SMILES string of the molecule is COC(=O)[C@@]1(C)CCC[C@]2(C)[C@H]1[C@@H](O)C(=O)[C@@H]1[C@@H](C)C(=CC(=O)OCCN(C)C)CC[C@@H]12. The quantitative estimate of drug-likeness (QED) is 0.509. The second-order valence-corrected chi connectivity index (χ2v) is 10.7. The van der Waals surface area contributed by atoms with Crippen LogP contribution < -0.4 is 0 Å². The Morgan fingerprint density at radius 2 is 1.94 bits per heavy atom. The molecule has 7 nitrogen and oxygen atoms in total. The summed E-state index contributed by atoms with van der Waals surface area (Å²) in [6.45, 7) is 6.94. The molecule has 3 aliphatic carbocycles. The first-order chi connectivity index (χ1) is 15.0. The molecule has 0 bridgehead atoms. The van der Waals surface area contributed by atoms with Crippen molar-refractivity contribution in [2.75, 3.05) is 34.4 Å². The van der Waals surface area contributed by atoms with E-state index in [-0.39, 0.29) is 40.9 Å². The van der Waals surface area contributed by atoms with Crippen LogP contribution in [0.25, 0.3) is 0 Å². The fraction of sp³-hybridized carbons (Fsp3) is 0.800. The molecule has 3 aliphatic rings. The summed E-state index contributed by atoms with van der Waals surface area (Å²) in [6, 6.07) is 0. The number of Topliss-reactive ketones (excluding diaryl/α,β-unsaturated/α-hetero) is 1. The Labute approximate surface area is 191 Å². The molecule has 0 aliphatic heterocycles. The molecule has 0 unspecified atom stereocenters. The number of aliphatic hydroxyl groups excluding tert-OH is 1. The molecule has 3 rings (SSSR count). The molecule has 0 saturated heterocycles. The highest BCUT2D eigenvalue weighted by Crippen LogP contribution is 2.64. The zero-order valence-electron chi connectivity index (χ0n) is 20.3. The van der Waals surface area contributed by atoms with Crippen LogP contribution in [0.2, 0.25) is 0 Å². The zero-order valence-corrected chi connectivity index (χ0v) is 20.3. The molecular formula is C25H39NO6. The number of ketones is 1. The predicted octanol–water partition coefficient (Wildman–Crippen LogP) is 2.61. The van der Waals surface area contributed by atoms with Gasteiger partial charge in [-0.3, -0.25) is 9.59 Å². The topological polar surface area (TPSA) is 93.1 Å². The van der Waals surface area contributed by atoms with Gasteiger partial charge >= 0.3 is 11.9 Å². The van der Waals surface area contributed by atoms with Gasteiger partial charge in [-0.2, -0.15) is 0 Å². The molecule has 1 N–H and O–H groups in total. The second kappa shape index (κ2) is 9.26. The van der Waals surface area contributed by atoms with Crippen LogP contribution >= 0.6 is 0 Å². The van der Waals surface area contributed by atoms with E-state index in [9.17, 15) is 19.5 Å². The van der Waals surface area contributed by atoms with Gasteiger partial charge in [0.1, 0.15) is 12.7 Å². The van der Waals surface area contributed by atoms with E-state index in [0.29, 0.717) is 26.0 Å². The van der Waals surface area contributed by atoms with Gasteiger partial charge in [0.15, 0.2) is 5.78 Å². The Bertz CT molecular complexity index is 791. The summed E-state index contributed by atoms with van der Waals surface area (Å²) in [7, 11) is 5.20. The summed E-state index contributed by atoms with van der Waals surface area (Å²) in [6.07, 6.45) is 4.15. The Kier molecular flexibility index (Phi) is 7.20. The van der Waals surface area contributed by atoms with E-state index in [1.165, 1.54) is 7.11 Å². The van der Waals surface area contributed by atoms with Crippen LogP contribution in [0.4, 0.5) is 0 Å². The number of methoxy groups -OCH3 is 1. The molecule has 0 amide bonds. The molecule has 0 radical (unpaired) electrons. The Hall–Kier alpha value is -1.73. The van der Waals surface area contributed by atoms with Crippen LogP contribution in [-0.2, 0) is 23.9 Å². The van der Waals surface area contributed by atoms with Crippen LogP contribution in [-0.4, -0.2) is 68.2 Å². The van der Waals surface area contributed by atoms with Crippen LogP contribution in [0.3, 0.4) is 0 Å². The first kappa shape index (κ1) is 24.9. The maximum absolute atomic E-state index is 13.5. The first-order valence-corrected chi connectivity index (χ1v) is 11.8. The number of aliphatic hydroxyl groups is 1. The number of hydrogen-bond acceptors (Lipinski definition) is 7. The lowest BCUT2D eigenvalue weighted by Crippen LogP contribution is -2.65. The fourth-order valence-electron chi connectivity index (χ4n) is 7.04. The molecule has 0 heterocycles. The van der Waals surface area contributed by atoms with Gasteiger partial charge in [-0.1, -0.05) is 25.8 Å². The van der Waals surface area contributed by atoms with Crippen molar-refractivity contribution in [3.8, 4) is 0 Å². The van der Waals surface area contributed by atoms with Gasteiger partial charge in [-0.25, -0.2) is 4.79 Å². The number of allylic oxidation sites excluding steroid dienone is 1. The number of esters is 2. The minimum absolute atomic E-state index is 0.0598. The number of nitrogens with zero attached hydrogens (tertiary/aromatic N) is 1. The molecule has 0 aromatic carbocycles. The van der Waals surface area contributed by atoms with Gasteiger partial charge in [-0.05, 0) is 64.0 Å². The third kappa shape index (κ3) is 4.14. The molecule has 0 spiro atoms. The fourth-order valence-corrected chi connectivity index (χ4v) is 7.04. The molecule has 3 saturated carbocycles. The summed E-state index contributed by atoms with van der Waals surface area (Å²) < 4.78 is 10.4. The van der Waals surface area contributed by atoms with Gasteiger partial charge in [0.2, 0.25) is 0 Å². The Morgan fingerprint density at radius 1 is 1.25 bits per heavy atom. The standard InChI is InChI=1S/C25H39NO6/c1-15-16(14-18(27)32-13-12-26(4)5)8-9-17-19(15)20(28)21(29)22-24(17,2)10-7-11-25(22,3)23(30)31-6/h14-15,17,19,21-22,29H,7-13H2,1-6H3/t15-,17-,19+,21-,22+,24-,25-/m0/s1. The highest BCUT2D eigenvalue weighted by atomic mass is 16.5. The van der Waals surface area contributed by atoms with Gasteiger partial charge in [0, 0.05) is 24.5 Å². The number of carbonyl (C=O) groups excluding carboxylic acids is 3. The van der Waals surface area contributed by atoms with E-state index in [4.69, 9.17) is 9.47 Å². The predicted molar refractivity (Wildman–Crippen MR) is 120 cm³/mol. The van der Waals surface area contributed by atoms with Gasteiger partial charge in [-0.15, -0.1) is 0 Å². The van der Waals surface area contributed by atoms with E-state index in [1.54, 1.807) is 6.08 Å². The van der Waals surface area contributed by atoms with Crippen molar-refractivity contribution in [3.05, 3.63) is 11.6 Å². The maximum atomic E-state index is 13.5. The molecule has 0 aromatic rings. The highest BCUT2D eigenvalue weighted by Gasteiger charge is 2.66. The van der Waals surface area contributed by atoms with Crippen molar-refractivity contribution in [2.24, 2.45) is 34.5 Å². The summed E-state index contributed by atoms with van der Waals surface area (Å²) in [5.41, 5.74) is -0.307. The Morgan fingerprint density at radius 3 is 2.56 bits per heavy atom. The maximum Gasteiger partial charge on any atom is 0.330 e. The number of ether oxygens (including phenoxy) is 2. The average Bonchev–Trinajstić information content (AvgIpc) is 2.72. The molecule has 3 fully saturated rings. The van der Waals surface area contributed by atoms with Gasteiger partial charge in [0.05, 0.1) is 12.5 Å². The van der Waals surface area contributed by atoms with E-state index in [0.717, 1.165) is 24.8 Å². The zero-order chi connectivity index (χ0) is 23.8. The number of hydrogen-bond donors (Lipinski definition) is 1. The lowest BCUT2D eigenvalue weighted by atomic mass is 9.42. The Balaban J connectivity index is 1.87. The minimum atomic E-state index is -1.21. The van der Waals surface area contributed by atoms with E-state index >= 15 is 0 Å². The number of carbonyl (C=O) groups is 3. The summed E-state index contributed by atoms with van der Waals surface area (Å²) in [5, 5.41) is 11.2. The van der Waals surface area contributed by atoms with Crippen LogP contribution in [0.1, 0.15) is 52.9 Å². The number of rotatable bonds is 5. The summed E-state index contributed by atoms with van der Waals surface area (Å²) in [4.78, 5) is 40.5. The monoisotopic (exact) mass is 449 g/mol. The summed E-state index contributed by atoms with van der Waals surface area (Å²) >= 11 is 0. The third-order valence-corrected chi connectivity index (χ3v) is 8.63. The largest absolute Gasteiger partial charge is 0.469 e. The van der Waals surface area contributed by atoms with E-state index < -0.39 is 17.4 Å². The normalized spacial score (nSPS) is 40.6. The van der Waals surface area contributed by atoms with Crippen LogP contribution in [0, 0.1) is 34.5 Å². The second-order valence-electron chi connectivity index (χ2n) is 10.7. The average molecular weight is 450 g/mol. The highest BCUT2D eigenvalue weighted by molar-refractivity contribution is 5.90. The van der Waals surface area contributed by atoms with Gasteiger partial charge in [0.25, 0.3) is 0 Å². The number of fused-ring (bicyclic) bond motifs is 3. The lowest BCUT2D eigenvalue weighted by Gasteiger charge is -2.61. The molecule has 7 heteroatoms. The van der Waals surface area contributed by atoms with Crippen molar-refractivity contribution in [1.29, 1.82) is 0 Å².